The van der Waals surface area contributed by atoms with Crippen molar-refractivity contribution in [3.63, 3.8) is 0 Å². The van der Waals surface area contributed by atoms with Gasteiger partial charge in [-0.25, -0.2) is 4.39 Å². The Labute approximate surface area is 216 Å². The van der Waals surface area contributed by atoms with Crippen LogP contribution in [0, 0.1) is 11.7 Å². The van der Waals surface area contributed by atoms with Gasteiger partial charge in [-0.3, -0.25) is 20.6 Å². The van der Waals surface area contributed by atoms with E-state index in [4.69, 9.17) is 5.84 Å². The predicted molar refractivity (Wildman–Crippen MR) is 148 cm³/mol. The molecule has 1 aromatic heterocycles. The van der Waals surface area contributed by atoms with E-state index in [0.29, 0.717) is 23.0 Å². The molecule has 0 saturated carbocycles. The molecule has 0 bridgehead atoms. The van der Waals surface area contributed by atoms with Crippen LogP contribution >= 0.6 is 0 Å². The number of anilines is 2. The molecule has 1 amide bonds. The van der Waals surface area contributed by atoms with Gasteiger partial charge in [-0.15, -0.1) is 0 Å². The van der Waals surface area contributed by atoms with E-state index in [9.17, 15) is 9.18 Å². The number of carbonyl (C=O) groups excluding carboxylic acids is 1. The molecule has 1 fully saturated rings. The molecule has 37 heavy (non-hydrogen) atoms. The van der Waals surface area contributed by atoms with Crippen molar-refractivity contribution < 1.29 is 9.18 Å². The third-order valence-corrected chi connectivity index (χ3v) is 7.12. The first-order chi connectivity index (χ1) is 18.1. The number of benzene rings is 2. The molecule has 2 unspecified atom stereocenters. The number of nitrogens with zero attached hydrogens (tertiary/aromatic N) is 3. The van der Waals surface area contributed by atoms with Crippen LogP contribution in [0.4, 0.5) is 15.8 Å². The Morgan fingerprint density at radius 1 is 1.24 bits per heavy atom. The van der Waals surface area contributed by atoms with Gasteiger partial charge in [0.1, 0.15) is 5.82 Å². The van der Waals surface area contributed by atoms with E-state index in [1.165, 1.54) is 6.07 Å². The second kappa shape index (κ2) is 10.9. The van der Waals surface area contributed by atoms with Gasteiger partial charge in [0.05, 0.1) is 22.3 Å². The van der Waals surface area contributed by atoms with E-state index in [0.717, 1.165) is 48.3 Å². The molecule has 190 valence electrons. The van der Waals surface area contributed by atoms with Gasteiger partial charge >= 0.3 is 0 Å². The molecule has 4 N–H and O–H groups in total. The predicted octanol–water partition coefficient (Wildman–Crippen LogP) is 5.07. The SMILES string of the molecule is CC=C(c1cc(C(=O)NC2CCCN(c3ccnc4cccc(F)c34)C2)ccc1NN)C1C=CN=CC1. The number of carbonyl (C=O) groups is 1. The third-order valence-electron chi connectivity index (χ3n) is 7.12. The van der Waals surface area contributed by atoms with Crippen LogP contribution < -0.4 is 21.5 Å². The Bertz CT molecular complexity index is 1390. The van der Waals surface area contributed by atoms with E-state index >= 15 is 0 Å². The standard InChI is InChI=1S/C29H31FN6O/c1-2-22(19-10-13-32-14-11-19)23-17-20(8-9-25(23)35-31)29(37)34-21-5-4-16-36(18-21)27-12-15-33-26-7-3-6-24(30)28(26)27/h2-3,6-10,12-15,17,19,21,35H,4-5,11,16,18,31H2,1H3,(H,34,37). The number of piperidine rings is 1. The lowest BCUT2D eigenvalue weighted by atomic mass is 9.87. The number of hydrogen-bond acceptors (Lipinski definition) is 6. The van der Waals surface area contributed by atoms with Crippen LogP contribution in [0.5, 0.6) is 0 Å². The second-order valence-corrected chi connectivity index (χ2v) is 9.39. The maximum absolute atomic E-state index is 14.7. The van der Waals surface area contributed by atoms with Gasteiger partial charge in [0.15, 0.2) is 0 Å². The smallest absolute Gasteiger partial charge is 0.251 e. The van der Waals surface area contributed by atoms with E-state index in [-0.39, 0.29) is 23.7 Å². The minimum Gasteiger partial charge on any atom is -0.369 e. The summed E-state index contributed by atoms with van der Waals surface area (Å²) in [6.07, 6.45) is 12.1. The quantitative estimate of drug-likeness (QED) is 0.326. The van der Waals surface area contributed by atoms with Gasteiger partial charge in [0.25, 0.3) is 5.91 Å². The maximum atomic E-state index is 14.7. The molecule has 5 rings (SSSR count). The monoisotopic (exact) mass is 498 g/mol. The summed E-state index contributed by atoms with van der Waals surface area (Å²) in [5, 5.41) is 3.72. The molecule has 7 nitrogen and oxygen atoms in total. The number of aliphatic imine (C=N–C) groups is 1. The molecule has 2 aliphatic heterocycles. The van der Waals surface area contributed by atoms with Crippen LogP contribution in [0.2, 0.25) is 0 Å². The number of nitrogens with two attached hydrogens (primary N) is 1. The minimum absolute atomic E-state index is 0.0642. The van der Waals surface area contributed by atoms with Crippen molar-refractivity contribution in [2.75, 3.05) is 23.4 Å². The van der Waals surface area contributed by atoms with Crippen molar-refractivity contribution in [1.29, 1.82) is 0 Å². The second-order valence-electron chi connectivity index (χ2n) is 9.39. The molecule has 2 aliphatic rings. The fourth-order valence-corrected chi connectivity index (χ4v) is 5.31. The van der Waals surface area contributed by atoms with Gasteiger partial charge in [0.2, 0.25) is 0 Å². The molecule has 2 atom stereocenters. The lowest BCUT2D eigenvalue weighted by Crippen LogP contribution is -2.48. The van der Waals surface area contributed by atoms with Gasteiger partial charge in [-0.1, -0.05) is 18.2 Å². The minimum atomic E-state index is -0.285. The first kappa shape index (κ1) is 24.6. The van der Waals surface area contributed by atoms with Crippen LogP contribution in [0.1, 0.15) is 42.1 Å². The number of hydrazine groups is 1. The fourth-order valence-electron chi connectivity index (χ4n) is 5.31. The molecule has 3 aromatic rings. The lowest BCUT2D eigenvalue weighted by molar-refractivity contribution is 0.0933. The zero-order chi connectivity index (χ0) is 25.8. The Morgan fingerprint density at radius 3 is 2.92 bits per heavy atom. The van der Waals surface area contributed by atoms with Crippen molar-refractivity contribution in [2.24, 2.45) is 16.8 Å². The Morgan fingerprint density at radius 2 is 2.14 bits per heavy atom. The number of nitrogen functional groups attached to an aromatic ring is 1. The Hall–Kier alpha value is -4.04. The number of allylic oxidation sites excluding steroid dienone is 3. The van der Waals surface area contributed by atoms with E-state index < -0.39 is 0 Å². The van der Waals surface area contributed by atoms with Crippen molar-refractivity contribution in [3.8, 4) is 0 Å². The number of rotatable bonds is 6. The van der Waals surface area contributed by atoms with Crippen LogP contribution in [0.25, 0.3) is 16.5 Å². The zero-order valence-electron chi connectivity index (χ0n) is 20.8. The number of aromatic nitrogens is 1. The molecule has 0 spiro atoms. The summed E-state index contributed by atoms with van der Waals surface area (Å²) >= 11 is 0. The van der Waals surface area contributed by atoms with Crippen LogP contribution in [0.3, 0.4) is 0 Å². The van der Waals surface area contributed by atoms with E-state index in [2.05, 4.69) is 37.8 Å². The van der Waals surface area contributed by atoms with Gasteiger partial charge < -0.3 is 15.6 Å². The number of nitrogens with one attached hydrogen (secondary N) is 2. The molecule has 3 heterocycles. The first-order valence-corrected chi connectivity index (χ1v) is 12.6. The molecule has 0 radical (unpaired) electrons. The highest BCUT2D eigenvalue weighted by molar-refractivity contribution is 5.97. The van der Waals surface area contributed by atoms with Crippen molar-refractivity contribution in [2.45, 2.75) is 32.2 Å². The molecular formula is C29H31FN6O. The topological polar surface area (TPSA) is 95.6 Å². The molecule has 0 aliphatic carbocycles. The third kappa shape index (κ3) is 5.11. The number of fused-ring (bicyclic) bond motifs is 1. The van der Waals surface area contributed by atoms with Crippen LogP contribution in [0.15, 0.2) is 72.0 Å². The average molecular weight is 499 g/mol. The van der Waals surface area contributed by atoms with E-state index in [1.807, 2.05) is 37.4 Å². The summed E-state index contributed by atoms with van der Waals surface area (Å²) in [7, 11) is 0. The number of hydrogen-bond donors (Lipinski definition) is 3. The molecular weight excluding hydrogens is 467 g/mol. The summed E-state index contributed by atoms with van der Waals surface area (Å²) in [5.74, 6) is 5.55. The molecule has 8 heteroatoms. The molecule has 1 saturated heterocycles. The highest BCUT2D eigenvalue weighted by Crippen LogP contribution is 2.34. The highest BCUT2D eigenvalue weighted by Gasteiger charge is 2.25. The lowest BCUT2D eigenvalue weighted by Gasteiger charge is -2.35. The average Bonchev–Trinajstić information content (AvgIpc) is 2.94. The van der Waals surface area contributed by atoms with Crippen LogP contribution in [-0.2, 0) is 0 Å². The zero-order valence-corrected chi connectivity index (χ0v) is 20.8. The van der Waals surface area contributed by atoms with Crippen LogP contribution in [-0.4, -0.2) is 36.2 Å². The first-order valence-electron chi connectivity index (χ1n) is 12.6. The highest BCUT2D eigenvalue weighted by atomic mass is 19.1. The summed E-state index contributed by atoms with van der Waals surface area (Å²) in [6, 6.07) is 12.3. The van der Waals surface area contributed by atoms with Crippen molar-refractivity contribution in [3.05, 3.63) is 84.0 Å². The number of pyridine rings is 1. The number of amides is 1. The van der Waals surface area contributed by atoms with Crippen molar-refractivity contribution >= 4 is 40.0 Å². The van der Waals surface area contributed by atoms with E-state index in [1.54, 1.807) is 24.5 Å². The van der Waals surface area contributed by atoms with Crippen molar-refractivity contribution in [1.82, 2.24) is 10.3 Å². The molecule has 2 aromatic carbocycles. The van der Waals surface area contributed by atoms with Gasteiger partial charge in [0, 0.05) is 54.8 Å². The summed E-state index contributed by atoms with van der Waals surface area (Å²) in [6.45, 7) is 3.38. The van der Waals surface area contributed by atoms with Gasteiger partial charge in [-0.05, 0) is 68.2 Å². The fraction of sp³-hybridized carbons (Fsp3) is 0.276. The maximum Gasteiger partial charge on any atom is 0.251 e. The summed E-state index contributed by atoms with van der Waals surface area (Å²) < 4.78 is 14.7. The Balaban J connectivity index is 1.35. The summed E-state index contributed by atoms with van der Waals surface area (Å²) in [4.78, 5) is 24.0. The largest absolute Gasteiger partial charge is 0.369 e. The normalized spacial score (nSPS) is 19.8. The summed E-state index contributed by atoms with van der Waals surface area (Å²) in [5.41, 5.74) is 7.51. The Kier molecular flexibility index (Phi) is 7.28. The van der Waals surface area contributed by atoms with Gasteiger partial charge in [-0.2, -0.15) is 0 Å². The number of halogens is 1.